The molecule has 0 saturated heterocycles. The number of fused-ring (bicyclic) bond motifs is 1. The number of hydrogen-bond acceptors (Lipinski definition) is 2. The summed E-state index contributed by atoms with van der Waals surface area (Å²) in [5, 5.41) is 1.86. The van der Waals surface area contributed by atoms with E-state index in [0.717, 1.165) is 27.2 Å². The highest BCUT2D eigenvalue weighted by Gasteiger charge is 2.10. The second-order valence-corrected chi connectivity index (χ2v) is 4.73. The maximum atomic E-state index is 6.02. The molecule has 0 aliphatic carbocycles. The van der Waals surface area contributed by atoms with Crippen molar-refractivity contribution in [1.29, 1.82) is 0 Å². The maximum Gasteiger partial charge on any atom is 0.0743 e. The summed E-state index contributed by atoms with van der Waals surface area (Å²) >= 11 is 6.02. The van der Waals surface area contributed by atoms with E-state index in [9.17, 15) is 0 Å². The SMILES string of the molecule is Cn1cc(-c2cc(N)ccn2)c2ccc(Cl)cc21. The second-order valence-electron chi connectivity index (χ2n) is 4.29. The molecule has 0 bridgehead atoms. The van der Waals surface area contributed by atoms with Gasteiger partial charge in [-0.1, -0.05) is 17.7 Å². The van der Waals surface area contributed by atoms with Crippen molar-refractivity contribution in [3.63, 3.8) is 0 Å². The second kappa shape index (κ2) is 4.03. The Morgan fingerprint density at radius 1 is 1.22 bits per heavy atom. The lowest BCUT2D eigenvalue weighted by Gasteiger charge is -2.00. The van der Waals surface area contributed by atoms with Gasteiger partial charge in [0.1, 0.15) is 0 Å². The van der Waals surface area contributed by atoms with Crippen molar-refractivity contribution in [3.8, 4) is 11.3 Å². The smallest absolute Gasteiger partial charge is 0.0743 e. The van der Waals surface area contributed by atoms with Crippen LogP contribution in [0.2, 0.25) is 5.02 Å². The molecule has 0 atom stereocenters. The van der Waals surface area contributed by atoms with Gasteiger partial charge in [-0.25, -0.2) is 0 Å². The van der Waals surface area contributed by atoms with E-state index in [1.54, 1.807) is 12.3 Å². The largest absolute Gasteiger partial charge is 0.399 e. The summed E-state index contributed by atoms with van der Waals surface area (Å²) in [5.41, 5.74) is 9.55. The summed E-state index contributed by atoms with van der Waals surface area (Å²) in [6.07, 6.45) is 3.77. The third-order valence-corrected chi connectivity index (χ3v) is 3.25. The molecule has 1 aromatic carbocycles. The minimum absolute atomic E-state index is 0.714. The van der Waals surface area contributed by atoms with Gasteiger partial charge in [-0.3, -0.25) is 4.98 Å². The molecule has 0 amide bonds. The van der Waals surface area contributed by atoms with E-state index in [1.165, 1.54) is 0 Å². The Hall–Kier alpha value is -2.00. The average Bonchev–Trinajstić information content (AvgIpc) is 2.67. The fraction of sp³-hybridized carbons (Fsp3) is 0.0714. The number of pyridine rings is 1. The third kappa shape index (κ3) is 1.73. The van der Waals surface area contributed by atoms with Crippen LogP contribution < -0.4 is 5.73 Å². The van der Waals surface area contributed by atoms with Gasteiger partial charge in [0.15, 0.2) is 0 Å². The first-order valence-electron chi connectivity index (χ1n) is 5.61. The molecule has 0 aliphatic rings. The Labute approximate surface area is 110 Å². The normalized spacial score (nSPS) is 11.0. The summed E-state index contributed by atoms with van der Waals surface area (Å²) < 4.78 is 2.04. The molecule has 2 aromatic heterocycles. The molecule has 0 unspecified atom stereocenters. The van der Waals surface area contributed by atoms with E-state index in [1.807, 2.05) is 42.1 Å². The fourth-order valence-electron chi connectivity index (χ4n) is 2.16. The van der Waals surface area contributed by atoms with E-state index >= 15 is 0 Å². The van der Waals surface area contributed by atoms with Gasteiger partial charge >= 0.3 is 0 Å². The highest BCUT2D eigenvalue weighted by Crippen LogP contribution is 2.31. The van der Waals surface area contributed by atoms with Crippen molar-refractivity contribution < 1.29 is 0 Å². The van der Waals surface area contributed by atoms with E-state index in [0.29, 0.717) is 5.69 Å². The minimum Gasteiger partial charge on any atom is -0.399 e. The van der Waals surface area contributed by atoms with Crippen LogP contribution in [-0.2, 0) is 7.05 Å². The van der Waals surface area contributed by atoms with Crippen molar-refractivity contribution in [2.45, 2.75) is 0 Å². The summed E-state index contributed by atoms with van der Waals surface area (Å²) in [7, 11) is 1.99. The van der Waals surface area contributed by atoms with Crippen LogP contribution in [0.4, 0.5) is 5.69 Å². The Balaban J connectivity index is 2.30. The predicted octanol–water partition coefficient (Wildman–Crippen LogP) is 3.48. The molecule has 2 N–H and O–H groups in total. The Kier molecular flexibility index (Phi) is 2.49. The molecule has 3 rings (SSSR count). The zero-order valence-electron chi connectivity index (χ0n) is 9.89. The molecular weight excluding hydrogens is 246 g/mol. The first kappa shape index (κ1) is 11.1. The number of nitrogens with two attached hydrogens (primary N) is 1. The average molecular weight is 258 g/mol. The zero-order valence-corrected chi connectivity index (χ0v) is 10.6. The maximum absolute atomic E-state index is 6.02. The lowest BCUT2D eigenvalue weighted by Crippen LogP contribution is -1.87. The zero-order chi connectivity index (χ0) is 12.7. The molecule has 3 aromatic rings. The molecule has 4 heteroatoms. The van der Waals surface area contributed by atoms with Gasteiger partial charge in [-0.05, 0) is 24.3 Å². The van der Waals surface area contributed by atoms with Crippen molar-refractivity contribution in [2.24, 2.45) is 7.05 Å². The Bertz CT molecular complexity index is 731. The van der Waals surface area contributed by atoms with Crippen molar-refractivity contribution in [3.05, 3.63) is 47.7 Å². The monoisotopic (exact) mass is 257 g/mol. The lowest BCUT2D eigenvalue weighted by molar-refractivity contribution is 0.969. The van der Waals surface area contributed by atoms with Crippen LogP contribution in [0.25, 0.3) is 22.2 Å². The molecule has 0 radical (unpaired) electrons. The summed E-state index contributed by atoms with van der Waals surface area (Å²) in [4.78, 5) is 4.37. The summed E-state index contributed by atoms with van der Waals surface area (Å²) in [6, 6.07) is 9.51. The Morgan fingerprint density at radius 2 is 2.06 bits per heavy atom. The van der Waals surface area contributed by atoms with Gasteiger partial charge in [-0.15, -0.1) is 0 Å². The number of halogens is 1. The topological polar surface area (TPSA) is 43.8 Å². The number of aryl methyl sites for hydroxylation is 1. The minimum atomic E-state index is 0.714. The molecule has 3 nitrogen and oxygen atoms in total. The number of anilines is 1. The van der Waals surface area contributed by atoms with Crippen LogP contribution in [-0.4, -0.2) is 9.55 Å². The van der Waals surface area contributed by atoms with Gasteiger partial charge < -0.3 is 10.3 Å². The van der Waals surface area contributed by atoms with E-state index in [4.69, 9.17) is 17.3 Å². The molecule has 2 heterocycles. The van der Waals surface area contributed by atoms with Gasteiger partial charge in [-0.2, -0.15) is 0 Å². The van der Waals surface area contributed by atoms with Crippen LogP contribution in [0.5, 0.6) is 0 Å². The quantitative estimate of drug-likeness (QED) is 0.725. The van der Waals surface area contributed by atoms with Gasteiger partial charge in [0.05, 0.1) is 5.69 Å². The molecule has 0 saturated carbocycles. The van der Waals surface area contributed by atoms with Crippen LogP contribution in [0.3, 0.4) is 0 Å². The number of rotatable bonds is 1. The van der Waals surface area contributed by atoms with Gasteiger partial charge in [0.25, 0.3) is 0 Å². The lowest BCUT2D eigenvalue weighted by atomic mass is 10.1. The highest BCUT2D eigenvalue weighted by atomic mass is 35.5. The van der Waals surface area contributed by atoms with E-state index in [2.05, 4.69) is 4.98 Å². The van der Waals surface area contributed by atoms with Crippen molar-refractivity contribution in [1.82, 2.24) is 9.55 Å². The summed E-state index contributed by atoms with van der Waals surface area (Å²) in [5.74, 6) is 0. The molecular formula is C14H12ClN3. The Morgan fingerprint density at radius 3 is 2.83 bits per heavy atom. The van der Waals surface area contributed by atoms with Crippen LogP contribution in [0.15, 0.2) is 42.7 Å². The molecule has 0 fully saturated rings. The van der Waals surface area contributed by atoms with Gasteiger partial charge in [0.2, 0.25) is 0 Å². The van der Waals surface area contributed by atoms with Gasteiger partial charge in [0, 0.05) is 46.6 Å². The number of hydrogen-bond donors (Lipinski definition) is 1. The van der Waals surface area contributed by atoms with Crippen molar-refractivity contribution >= 4 is 28.2 Å². The number of nitrogen functional groups attached to an aromatic ring is 1. The first-order chi connectivity index (χ1) is 8.65. The highest BCUT2D eigenvalue weighted by molar-refractivity contribution is 6.31. The van der Waals surface area contributed by atoms with Crippen LogP contribution in [0, 0.1) is 0 Å². The molecule has 0 spiro atoms. The summed E-state index contributed by atoms with van der Waals surface area (Å²) in [6.45, 7) is 0. The van der Waals surface area contributed by atoms with E-state index < -0.39 is 0 Å². The van der Waals surface area contributed by atoms with Crippen LogP contribution >= 0.6 is 11.6 Å². The standard InChI is InChI=1S/C14H12ClN3/c1-18-8-12(13-7-10(16)4-5-17-13)11-3-2-9(15)6-14(11)18/h2-8H,1H3,(H2,16,17). The third-order valence-electron chi connectivity index (χ3n) is 3.01. The number of aromatic nitrogens is 2. The van der Waals surface area contributed by atoms with E-state index in [-0.39, 0.29) is 0 Å². The van der Waals surface area contributed by atoms with Crippen molar-refractivity contribution in [2.75, 3.05) is 5.73 Å². The molecule has 18 heavy (non-hydrogen) atoms. The predicted molar refractivity (Wildman–Crippen MR) is 75.6 cm³/mol. The first-order valence-corrected chi connectivity index (χ1v) is 5.99. The molecule has 90 valence electrons. The number of nitrogens with zero attached hydrogens (tertiary/aromatic N) is 2. The van der Waals surface area contributed by atoms with Crippen LogP contribution in [0.1, 0.15) is 0 Å². The molecule has 0 aliphatic heterocycles. The number of benzene rings is 1. The fourth-order valence-corrected chi connectivity index (χ4v) is 2.32.